The van der Waals surface area contributed by atoms with Gasteiger partial charge in [0.15, 0.2) is 10.8 Å². The number of fused-ring (bicyclic) bond motifs is 1. The minimum absolute atomic E-state index is 0.0233. The zero-order valence-electron chi connectivity index (χ0n) is 19.5. The van der Waals surface area contributed by atoms with Gasteiger partial charge in [0, 0.05) is 16.9 Å². The highest BCUT2D eigenvalue weighted by Gasteiger charge is 2.54. The Bertz CT molecular complexity index is 1360. The summed E-state index contributed by atoms with van der Waals surface area (Å²) in [7, 11) is 0. The highest BCUT2D eigenvalue weighted by molar-refractivity contribution is 8.01. The molecule has 4 rings (SSSR count). The number of tetrazole rings is 1. The largest absolute Gasteiger partial charge is 0.477 e. The lowest BCUT2D eigenvalue weighted by Gasteiger charge is -2.49. The first-order valence-electron chi connectivity index (χ1n) is 10.7. The summed E-state index contributed by atoms with van der Waals surface area (Å²) in [5, 5.41) is 27.8. The maximum Gasteiger partial charge on any atom is 0.425 e. The van der Waals surface area contributed by atoms with Crippen molar-refractivity contribution in [2.75, 3.05) is 23.8 Å². The van der Waals surface area contributed by atoms with Crippen molar-refractivity contribution in [3.8, 4) is 0 Å². The van der Waals surface area contributed by atoms with E-state index in [0.29, 0.717) is 17.3 Å². The van der Waals surface area contributed by atoms with Gasteiger partial charge in [-0.1, -0.05) is 23.0 Å². The fraction of sp³-hybridized carbons (Fsp3) is 0.368. The number of hydrogen-bond donors (Lipinski definition) is 3. The van der Waals surface area contributed by atoms with Gasteiger partial charge in [-0.3, -0.25) is 14.5 Å². The molecule has 14 nitrogen and oxygen atoms in total. The van der Waals surface area contributed by atoms with Gasteiger partial charge in [0.05, 0.1) is 6.54 Å². The number of carboxylic acid groups (broad SMARTS) is 1. The van der Waals surface area contributed by atoms with Crippen molar-refractivity contribution in [3.63, 3.8) is 0 Å². The lowest BCUT2D eigenvalue weighted by atomic mass is 10.0. The molecule has 1 saturated heterocycles. The first kappa shape index (κ1) is 28.4. The number of rotatable bonds is 11. The maximum absolute atomic E-state index is 13.0. The molecule has 0 bridgehead atoms. The van der Waals surface area contributed by atoms with Gasteiger partial charge in [-0.15, -0.1) is 34.8 Å². The number of oxime groups is 1. The number of carboxylic acids is 1. The number of carbonyl (C=O) groups is 3. The second-order valence-corrected chi connectivity index (χ2v) is 10.7. The minimum Gasteiger partial charge on any atom is -0.477 e. The van der Waals surface area contributed by atoms with Crippen molar-refractivity contribution in [2.45, 2.75) is 29.3 Å². The fourth-order valence-electron chi connectivity index (χ4n) is 3.46. The number of β-lactam (4-membered cyclic amide) rings is 1. The van der Waals surface area contributed by atoms with Crippen LogP contribution in [0.2, 0.25) is 0 Å². The Morgan fingerprint density at radius 2 is 2.21 bits per heavy atom. The highest BCUT2D eigenvalue weighted by Crippen LogP contribution is 2.41. The van der Waals surface area contributed by atoms with Crippen molar-refractivity contribution in [1.82, 2.24) is 35.4 Å². The molecule has 2 aliphatic heterocycles. The number of nitrogens with one attached hydrogen (secondary N) is 1. The Balaban J connectivity index is 1.48. The predicted octanol–water partition coefficient (Wildman–Crippen LogP) is 0.712. The number of halogens is 3. The van der Waals surface area contributed by atoms with E-state index in [-0.39, 0.29) is 28.0 Å². The van der Waals surface area contributed by atoms with E-state index in [0.717, 1.165) is 16.2 Å². The Morgan fingerprint density at radius 3 is 2.85 bits per heavy atom. The number of aromatic nitrogens is 5. The molecule has 0 spiro atoms. The molecule has 2 aromatic rings. The van der Waals surface area contributed by atoms with Gasteiger partial charge in [-0.25, -0.2) is 14.5 Å². The van der Waals surface area contributed by atoms with Crippen LogP contribution in [0.1, 0.15) is 5.69 Å². The summed E-state index contributed by atoms with van der Waals surface area (Å²) in [6.45, 7) is 2.21. The van der Waals surface area contributed by atoms with Gasteiger partial charge in [0.25, 0.3) is 11.8 Å². The monoisotopic (exact) mass is 605 g/mol. The van der Waals surface area contributed by atoms with E-state index in [1.165, 1.54) is 33.6 Å². The van der Waals surface area contributed by atoms with Crippen LogP contribution in [0.25, 0.3) is 0 Å². The van der Waals surface area contributed by atoms with Gasteiger partial charge < -0.3 is 21.0 Å². The van der Waals surface area contributed by atoms with Crippen LogP contribution in [0, 0.1) is 0 Å². The minimum atomic E-state index is -4.71. The normalized spacial score (nSPS) is 19.4. The summed E-state index contributed by atoms with van der Waals surface area (Å²) < 4.78 is 39.0. The van der Waals surface area contributed by atoms with E-state index >= 15 is 0 Å². The molecular weight excluding hydrogens is 587 g/mol. The smallest absolute Gasteiger partial charge is 0.425 e. The molecule has 1 fully saturated rings. The molecule has 4 N–H and O–H groups in total. The number of aliphatic carboxylic acids is 1. The van der Waals surface area contributed by atoms with Crippen molar-refractivity contribution < 1.29 is 37.5 Å². The van der Waals surface area contributed by atoms with Crippen LogP contribution in [0.3, 0.4) is 0 Å². The van der Waals surface area contributed by atoms with Crippen LogP contribution in [-0.4, -0.2) is 94.4 Å². The number of allylic oxidation sites excluding steroid dienone is 1. The molecule has 0 radical (unpaired) electrons. The molecule has 208 valence electrons. The predicted molar refractivity (Wildman–Crippen MR) is 133 cm³/mol. The number of thiazole rings is 1. The number of carbonyl (C=O) groups excluding carboxylic acids is 2. The molecule has 0 aromatic carbocycles. The van der Waals surface area contributed by atoms with Crippen LogP contribution >= 0.6 is 34.9 Å². The number of nitrogens with zero attached hydrogens (tertiary/aromatic N) is 7. The Morgan fingerprint density at radius 1 is 1.44 bits per heavy atom. The molecule has 2 aromatic heterocycles. The van der Waals surface area contributed by atoms with E-state index in [4.69, 9.17) is 5.73 Å². The SMILES string of the molecule is C=CCn1nnnc1SCC1=C(C(=O)O)N2C(=O)C(NC(=O)/C(=N/OCC(F)(F)F)c3csc(N)n3)C2SC1. The van der Waals surface area contributed by atoms with E-state index in [9.17, 15) is 32.7 Å². The third-order valence-electron chi connectivity index (χ3n) is 5.08. The first-order chi connectivity index (χ1) is 18.5. The molecule has 0 aliphatic carbocycles. The summed E-state index contributed by atoms with van der Waals surface area (Å²) in [6, 6.07) is -1.17. The van der Waals surface area contributed by atoms with Crippen molar-refractivity contribution in [1.29, 1.82) is 0 Å². The molecule has 2 atom stereocenters. The van der Waals surface area contributed by atoms with E-state index in [1.54, 1.807) is 6.08 Å². The average molecular weight is 606 g/mol. The van der Waals surface area contributed by atoms with E-state index in [2.05, 4.69) is 42.4 Å². The Labute approximate surface area is 229 Å². The number of thioether (sulfide) groups is 2. The number of alkyl halides is 3. The first-order valence-corrected chi connectivity index (χ1v) is 13.6. The molecule has 4 heterocycles. The quantitative estimate of drug-likeness (QED) is 0.107. The highest BCUT2D eigenvalue weighted by atomic mass is 32.2. The zero-order valence-corrected chi connectivity index (χ0v) is 21.9. The van der Waals surface area contributed by atoms with Gasteiger partial charge in [-0.2, -0.15) is 13.2 Å². The van der Waals surface area contributed by atoms with Gasteiger partial charge in [0.1, 0.15) is 22.8 Å². The van der Waals surface area contributed by atoms with Crippen LogP contribution < -0.4 is 11.1 Å². The Kier molecular flexibility index (Phi) is 8.45. The molecule has 2 amide bonds. The standard InChI is InChI=1S/C19H18F3N9O5S3/c1-2-3-30-18(26-28-29-30)39-5-8-4-37-15-11(14(33)31(15)12(8)16(34)35)25-13(32)10(9-6-38-17(23)24-9)27-36-7-19(20,21)22/h2,6,11,15H,1,3-5,7H2,(H2,23,24)(H,25,32)(H,34,35)/b27-10+. The topological polar surface area (TPSA) is 191 Å². The van der Waals surface area contributed by atoms with Gasteiger partial charge in [-0.05, 0) is 16.0 Å². The second kappa shape index (κ2) is 11.6. The van der Waals surface area contributed by atoms with Gasteiger partial charge in [0.2, 0.25) is 11.8 Å². The second-order valence-electron chi connectivity index (χ2n) is 7.74. The van der Waals surface area contributed by atoms with Gasteiger partial charge >= 0.3 is 12.1 Å². The lowest BCUT2D eigenvalue weighted by molar-refractivity contribution is -0.174. The number of nitrogens with two attached hydrogens (primary N) is 1. The summed E-state index contributed by atoms with van der Waals surface area (Å²) >= 11 is 3.31. The number of anilines is 1. The third-order valence-corrected chi connectivity index (χ3v) is 8.13. The molecule has 2 unspecified atom stereocenters. The summed E-state index contributed by atoms with van der Waals surface area (Å²) in [5.74, 6) is -2.70. The summed E-state index contributed by atoms with van der Waals surface area (Å²) in [6.07, 6.45) is -3.11. The maximum atomic E-state index is 13.0. The molecule has 39 heavy (non-hydrogen) atoms. The average Bonchev–Trinajstić information content (AvgIpc) is 3.51. The number of hydrogen-bond acceptors (Lipinski definition) is 13. The van der Waals surface area contributed by atoms with Crippen LogP contribution in [0.4, 0.5) is 18.3 Å². The molecular formula is C19H18F3N9O5S3. The lowest BCUT2D eigenvalue weighted by Crippen LogP contribution is -2.71. The number of amides is 2. The van der Waals surface area contributed by atoms with Crippen molar-refractivity contribution in [3.05, 3.63) is 35.0 Å². The summed E-state index contributed by atoms with van der Waals surface area (Å²) in [5.41, 5.74) is 5.00. The third kappa shape index (κ3) is 6.33. The van der Waals surface area contributed by atoms with Crippen LogP contribution in [0.5, 0.6) is 0 Å². The molecule has 0 saturated carbocycles. The number of nitrogen functional groups attached to an aromatic ring is 1. The van der Waals surface area contributed by atoms with Crippen molar-refractivity contribution in [2.24, 2.45) is 5.16 Å². The zero-order chi connectivity index (χ0) is 28.3. The van der Waals surface area contributed by atoms with Crippen LogP contribution in [0.15, 0.2) is 39.6 Å². The van der Waals surface area contributed by atoms with E-state index in [1.807, 2.05) is 0 Å². The van der Waals surface area contributed by atoms with E-state index < -0.39 is 47.7 Å². The molecule has 2 aliphatic rings. The Hall–Kier alpha value is -3.65. The summed E-state index contributed by atoms with van der Waals surface area (Å²) in [4.78, 5) is 47.1. The van der Waals surface area contributed by atoms with Crippen LogP contribution in [-0.2, 0) is 25.8 Å². The van der Waals surface area contributed by atoms with Crippen molar-refractivity contribution >= 4 is 63.5 Å². The molecule has 20 heteroatoms. The fourth-order valence-corrected chi connectivity index (χ4v) is 6.38.